The number of hydrogen-bond donors (Lipinski definition) is 1. The van der Waals surface area contributed by atoms with Gasteiger partial charge in [-0.1, -0.05) is 35.6 Å². The molecule has 3 aromatic rings. The van der Waals surface area contributed by atoms with E-state index in [4.69, 9.17) is 0 Å². The number of hydrogen-bond acceptors (Lipinski definition) is 6. The van der Waals surface area contributed by atoms with Gasteiger partial charge in [-0.05, 0) is 37.5 Å². The lowest BCUT2D eigenvalue weighted by molar-refractivity contribution is -0.113. The molecule has 1 aromatic carbocycles. The Morgan fingerprint density at radius 3 is 3.16 bits per heavy atom. The lowest BCUT2D eigenvalue weighted by Crippen LogP contribution is -2.14. The molecule has 1 amide bonds. The van der Waals surface area contributed by atoms with Crippen LogP contribution in [0.2, 0.25) is 0 Å². The van der Waals surface area contributed by atoms with Gasteiger partial charge >= 0.3 is 0 Å². The number of anilines is 1. The van der Waals surface area contributed by atoms with Gasteiger partial charge in [0.25, 0.3) is 0 Å². The first-order valence-corrected chi connectivity index (χ1v) is 10.2. The van der Waals surface area contributed by atoms with Crippen molar-refractivity contribution in [3.8, 4) is 0 Å². The predicted octanol–water partition coefficient (Wildman–Crippen LogP) is 3.65. The highest BCUT2D eigenvalue weighted by molar-refractivity contribution is 7.99. The van der Waals surface area contributed by atoms with Crippen LogP contribution in [0.15, 0.2) is 23.4 Å². The number of carbonyl (C=O) groups excluding carboxylic acids is 1. The normalized spacial score (nSPS) is 14.3. The van der Waals surface area contributed by atoms with Crippen molar-refractivity contribution >= 4 is 44.4 Å². The van der Waals surface area contributed by atoms with Gasteiger partial charge in [0.1, 0.15) is 5.82 Å². The van der Waals surface area contributed by atoms with Crippen molar-refractivity contribution in [3.05, 3.63) is 29.6 Å². The fourth-order valence-corrected chi connectivity index (χ4v) is 4.70. The van der Waals surface area contributed by atoms with Crippen LogP contribution in [-0.4, -0.2) is 31.4 Å². The number of benzene rings is 1. The van der Waals surface area contributed by atoms with Gasteiger partial charge in [-0.2, -0.15) is 0 Å². The molecular weight excluding hydrogens is 354 g/mol. The number of carbonyl (C=O) groups is 1. The van der Waals surface area contributed by atoms with Crippen LogP contribution in [-0.2, 0) is 17.8 Å². The molecule has 130 valence electrons. The summed E-state index contributed by atoms with van der Waals surface area (Å²) in [5.41, 5.74) is 2.11. The summed E-state index contributed by atoms with van der Waals surface area (Å²) in [6.45, 7) is 3.00. The molecule has 0 saturated heterocycles. The van der Waals surface area contributed by atoms with Gasteiger partial charge in [0.15, 0.2) is 10.3 Å². The number of aryl methyl sites for hydroxylation is 2. The SMILES string of the molecule is Cc1ccc2nc(NC(=O)CSc3nnc4n3CCCCC4)sc2c1. The zero-order valence-corrected chi connectivity index (χ0v) is 15.6. The summed E-state index contributed by atoms with van der Waals surface area (Å²) in [7, 11) is 0. The van der Waals surface area contributed by atoms with Crippen molar-refractivity contribution in [2.45, 2.75) is 44.3 Å². The smallest absolute Gasteiger partial charge is 0.236 e. The van der Waals surface area contributed by atoms with E-state index in [1.165, 1.54) is 41.5 Å². The second kappa shape index (κ2) is 7.13. The maximum Gasteiger partial charge on any atom is 0.236 e. The molecule has 0 fully saturated rings. The molecule has 0 bridgehead atoms. The van der Waals surface area contributed by atoms with Crippen molar-refractivity contribution in [1.29, 1.82) is 0 Å². The molecule has 2 aromatic heterocycles. The highest BCUT2D eigenvalue weighted by Gasteiger charge is 2.16. The van der Waals surface area contributed by atoms with E-state index in [2.05, 4.69) is 38.1 Å². The van der Waals surface area contributed by atoms with E-state index < -0.39 is 0 Å². The average Bonchev–Trinajstić information content (AvgIpc) is 3.08. The third kappa shape index (κ3) is 3.69. The van der Waals surface area contributed by atoms with Crippen molar-refractivity contribution in [2.24, 2.45) is 0 Å². The fraction of sp³-hybridized carbons (Fsp3) is 0.412. The third-order valence-electron chi connectivity index (χ3n) is 4.20. The number of rotatable bonds is 4. The number of thiazole rings is 1. The molecule has 0 saturated carbocycles. The van der Waals surface area contributed by atoms with Gasteiger partial charge in [-0.3, -0.25) is 4.79 Å². The van der Waals surface area contributed by atoms with E-state index >= 15 is 0 Å². The maximum atomic E-state index is 12.3. The summed E-state index contributed by atoms with van der Waals surface area (Å²) in [6.07, 6.45) is 4.52. The van der Waals surface area contributed by atoms with E-state index in [0.717, 1.165) is 40.6 Å². The Hall–Kier alpha value is -1.93. The Labute approximate surface area is 154 Å². The Morgan fingerprint density at radius 1 is 1.32 bits per heavy atom. The third-order valence-corrected chi connectivity index (χ3v) is 6.10. The Kier molecular flexibility index (Phi) is 4.72. The lowest BCUT2D eigenvalue weighted by atomic mass is 10.2. The number of nitrogens with one attached hydrogen (secondary N) is 1. The molecule has 1 N–H and O–H groups in total. The first kappa shape index (κ1) is 16.5. The molecule has 0 atom stereocenters. The van der Waals surface area contributed by atoms with E-state index in [1.807, 2.05) is 12.1 Å². The molecule has 3 heterocycles. The fourth-order valence-electron chi connectivity index (χ4n) is 2.94. The van der Waals surface area contributed by atoms with Crippen LogP contribution >= 0.6 is 23.1 Å². The van der Waals surface area contributed by atoms with Crippen LogP contribution in [0.1, 0.15) is 30.7 Å². The Bertz CT molecular complexity index is 917. The largest absolute Gasteiger partial charge is 0.306 e. The van der Waals surface area contributed by atoms with Crippen LogP contribution in [0.25, 0.3) is 10.2 Å². The minimum absolute atomic E-state index is 0.0632. The molecule has 1 aliphatic rings. The predicted molar refractivity (Wildman–Crippen MR) is 101 cm³/mol. The highest BCUT2D eigenvalue weighted by atomic mass is 32.2. The molecule has 25 heavy (non-hydrogen) atoms. The summed E-state index contributed by atoms with van der Waals surface area (Å²) in [6, 6.07) is 6.10. The zero-order chi connectivity index (χ0) is 17.2. The van der Waals surface area contributed by atoms with Crippen LogP contribution < -0.4 is 5.32 Å². The first-order chi connectivity index (χ1) is 12.2. The molecule has 0 unspecified atom stereocenters. The van der Waals surface area contributed by atoms with Crippen molar-refractivity contribution in [3.63, 3.8) is 0 Å². The Balaban J connectivity index is 1.39. The van der Waals surface area contributed by atoms with Crippen LogP contribution in [0.3, 0.4) is 0 Å². The van der Waals surface area contributed by atoms with E-state index in [-0.39, 0.29) is 5.91 Å². The molecule has 0 spiro atoms. The summed E-state index contributed by atoms with van der Waals surface area (Å²) in [4.78, 5) is 16.7. The van der Waals surface area contributed by atoms with Crippen LogP contribution in [0.4, 0.5) is 5.13 Å². The number of amides is 1. The van der Waals surface area contributed by atoms with Crippen LogP contribution in [0.5, 0.6) is 0 Å². The zero-order valence-electron chi connectivity index (χ0n) is 14.0. The average molecular weight is 374 g/mol. The van der Waals surface area contributed by atoms with E-state index in [1.54, 1.807) is 0 Å². The van der Waals surface area contributed by atoms with E-state index in [9.17, 15) is 4.79 Å². The quantitative estimate of drug-likeness (QED) is 0.707. The molecule has 1 aliphatic heterocycles. The lowest BCUT2D eigenvalue weighted by Gasteiger charge is -2.06. The number of thioether (sulfide) groups is 1. The number of aromatic nitrogens is 4. The van der Waals surface area contributed by atoms with Gasteiger partial charge in [0.05, 0.1) is 16.0 Å². The van der Waals surface area contributed by atoms with Crippen molar-refractivity contribution in [2.75, 3.05) is 11.1 Å². The molecule has 0 aliphatic carbocycles. The van der Waals surface area contributed by atoms with Crippen molar-refractivity contribution in [1.82, 2.24) is 19.7 Å². The highest BCUT2D eigenvalue weighted by Crippen LogP contribution is 2.27. The molecular formula is C17H19N5OS2. The summed E-state index contributed by atoms with van der Waals surface area (Å²) < 4.78 is 3.25. The summed E-state index contributed by atoms with van der Waals surface area (Å²) >= 11 is 2.95. The van der Waals surface area contributed by atoms with Gasteiger partial charge in [-0.25, -0.2) is 4.98 Å². The number of nitrogens with zero attached hydrogens (tertiary/aromatic N) is 4. The molecule has 6 nitrogen and oxygen atoms in total. The van der Waals surface area contributed by atoms with Gasteiger partial charge in [0.2, 0.25) is 5.91 Å². The van der Waals surface area contributed by atoms with Crippen molar-refractivity contribution < 1.29 is 4.79 Å². The minimum atomic E-state index is -0.0632. The van der Waals surface area contributed by atoms with Crippen LogP contribution in [0, 0.1) is 6.92 Å². The second-order valence-corrected chi connectivity index (χ2v) is 8.16. The topological polar surface area (TPSA) is 72.7 Å². The monoisotopic (exact) mass is 373 g/mol. The van der Waals surface area contributed by atoms with Gasteiger partial charge < -0.3 is 9.88 Å². The molecule has 8 heteroatoms. The second-order valence-electron chi connectivity index (χ2n) is 6.19. The van der Waals surface area contributed by atoms with E-state index in [0.29, 0.717) is 10.9 Å². The standard InChI is InChI=1S/C17H19N5OS2/c1-11-6-7-12-13(9-11)25-16(18-12)19-15(23)10-24-17-21-20-14-5-3-2-4-8-22(14)17/h6-7,9H,2-5,8,10H2,1H3,(H,18,19,23). The van der Waals surface area contributed by atoms with Gasteiger partial charge in [-0.15, -0.1) is 10.2 Å². The summed E-state index contributed by atoms with van der Waals surface area (Å²) in [5.74, 6) is 1.29. The molecule has 0 radical (unpaired) electrons. The van der Waals surface area contributed by atoms with Gasteiger partial charge in [0, 0.05) is 13.0 Å². The minimum Gasteiger partial charge on any atom is -0.306 e. The summed E-state index contributed by atoms with van der Waals surface area (Å²) in [5, 5.41) is 12.9. The Morgan fingerprint density at radius 2 is 2.24 bits per heavy atom. The first-order valence-electron chi connectivity index (χ1n) is 8.41. The number of fused-ring (bicyclic) bond motifs is 2. The maximum absolute atomic E-state index is 12.3. The molecule has 4 rings (SSSR count).